The molecule has 0 fully saturated rings. The van der Waals surface area contributed by atoms with E-state index in [4.69, 9.17) is 4.52 Å². The third-order valence-corrected chi connectivity index (χ3v) is 6.04. The van der Waals surface area contributed by atoms with Gasteiger partial charge in [0.2, 0.25) is 0 Å². The molecule has 0 saturated heterocycles. The highest BCUT2D eigenvalue weighted by Crippen LogP contribution is 2.44. The summed E-state index contributed by atoms with van der Waals surface area (Å²) < 4.78 is 18.9. The van der Waals surface area contributed by atoms with E-state index < -0.39 is 7.60 Å². The fraction of sp³-hybridized carbons (Fsp3) is 0.455. The second-order valence-electron chi connectivity index (χ2n) is 6.74. The summed E-state index contributed by atoms with van der Waals surface area (Å²) in [5, 5.41) is 0.454. The Morgan fingerprint density at radius 3 is 2.23 bits per heavy atom. The van der Waals surface area contributed by atoms with Crippen LogP contribution in [0.1, 0.15) is 63.1 Å². The molecule has 0 saturated carbocycles. The van der Waals surface area contributed by atoms with Crippen molar-refractivity contribution in [2.24, 2.45) is 0 Å². The van der Waals surface area contributed by atoms with Crippen molar-refractivity contribution >= 4 is 12.9 Å². The Labute approximate surface area is 158 Å². The van der Waals surface area contributed by atoms with E-state index in [0.717, 1.165) is 61.6 Å². The molecule has 142 valence electrons. The monoisotopic (exact) mass is 374 g/mol. The van der Waals surface area contributed by atoms with Crippen molar-refractivity contribution in [3.8, 4) is 5.75 Å². The van der Waals surface area contributed by atoms with E-state index in [2.05, 4.69) is 26.8 Å². The lowest BCUT2D eigenvalue weighted by atomic mass is 10.00. The number of benzene rings is 2. The lowest BCUT2D eigenvalue weighted by molar-refractivity contribution is 0.391. The summed E-state index contributed by atoms with van der Waals surface area (Å²) in [4.78, 5) is 10.8. The molecule has 0 heterocycles. The van der Waals surface area contributed by atoms with Crippen molar-refractivity contribution in [1.29, 1.82) is 0 Å². The topological polar surface area (TPSA) is 46.5 Å². The molecule has 2 aromatic rings. The van der Waals surface area contributed by atoms with Crippen LogP contribution in [0.2, 0.25) is 0 Å². The van der Waals surface area contributed by atoms with Crippen LogP contribution >= 0.6 is 7.60 Å². The van der Waals surface area contributed by atoms with Crippen LogP contribution in [0, 0.1) is 0 Å². The summed E-state index contributed by atoms with van der Waals surface area (Å²) in [6.45, 7) is 6.35. The van der Waals surface area contributed by atoms with Gasteiger partial charge >= 0.3 is 7.60 Å². The number of hydrogen-bond donors (Lipinski definition) is 1. The lowest BCUT2D eigenvalue weighted by Crippen LogP contribution is -2.17. The Morgan fingerprint density at radius 2 is 1.54 bits per heavy atom. The van der Waals surface area contributed by atoms with Gasteiger partial charge in [0.25, 0.3) is 0 Å². The van der Waals surface area contributed by atoms with Crippen LogP contribution in [0.5, 0.6) is 5.75 Å². The maximum absolute atomic E-state index is 13.2. The van der Waals surface area contributed by atoms with Gasteiger partial charge in [0.05, 0.1) is 5.30 Å². The minimum atomic E-state index is -3.94. The van der Waals surface area contributed by atoms with E-state index in [1.165, 1.54) is 0 Å². The molecule has 1 N–H and O–H groups in total. The smallest absolute Gasteiger partial charge is 0.408 e. The Hall–Kier alpha value is -1.57. The average molecular weight is 374 g/mol. The van der Waals surface area contributed by atoms with Crippen LogP contribution < -0.4 is 9.83 Å². The third kappa shape index (κ3) is 5.22. The number of rotatable bonds is 10. The third-order valence-electron chi connectivity index (χ3n) is 4.57. The fourth-order valence-electron chi connectivity index (χ4n) is 3.28. The summed E-state index contributed by atoms with van der Waals surface area (Å²) in [7, 11) is -3.94. The van der Waals surface area contributed by atoms with Crippen LogP contribution in [0.15, 0.2) is 42.5 Å². The average Bonchev–Trinajstić information content (AvgIpc) is 2.62. The van der Waals surface area contributed by atoms with E-state index in [-0.39, 0.29) is 0 Å². The zero-order valence-electron chi connectivity index (χ0n) is 16.2. The molecule has 2 rings (SSSR count). The lowest BCUT2D eigenvalue weighted by Gasteiger charge is -2.20. The molecule has 0 spiro atoms. The first kappa shape index (κ1) is 20.7. The van der Waals surface area contributed by atoms with E-state index in [1.807, 2.05) is 24.3 Å². The van der Waals surface area contributed by atoms with Crippen LogP contribution in [0.3, 0.4) is 0 Å². The first-order chi connectivity index (χ1) is 12.5. The number of para-hydroxylation sites is 1. The molecule has 2 aromatic carbocycles. The maximum atomic E-state index is 13.2. The molecule has 1 atom stereocenters. The highest BCUT2D eigenvalue weighted by Gasteiger charge is 2.29. The van der Waals surface area contributed by atoms with Gasteiger partial charge in [-0.1, -0.05) is 70.4 Å². The fourth-order valence-corrected chi connectivity index (χ4v) is 4.69. The highest BCUT2D eigenvalue weighted by atomic mass is 31.2. The Balaban J connectivity index is 2.39. The summed E-state index contributed by atoms with van der Waals surface area (Å²) in [6, 6.07) is 13.3. The molecule has 0 radical (unpaired) electrons. The zero-order chi connectivity index (χ0) is 19.0. The van der Waals surface area contributed by atoms with Crippen LogP contribution in [-0.2, 0) is 23.8 Å². The SMILES string of the molecule is CCCCc1ccccc1OP(=O)(O)c1cccc(CCC)c1CCC. The quantitative estimate of drug-likeness (QED) is 0.533. The maximum Gasteiger partial charge on any atom is 0.408 e. The summed E-state index contributed by atoms with van der Waals surface area (Å²) in [6.07, 6.45) is 6.60. The van der Waals surface area contributed by atoms with Crippen LogP contribution in [-0.4, -0.2) is 4.89 Å². The number of aryl methyl sites for hydroxylation is 2. The molecule has 4 heteroatoms. The molecule has 0 aliphatic heterocycles. The van der Waals surface area contributed by atoms with Gasteiger partial charge in [-0.3, -0.25) is 0 Å². The zero-order valence-corrected chi connectivity index (χ0v) is 17.1. The van der Waals surface area contributed by atoms with Crippen LogP contribution in [0.4, 0.5) is 0 Å². The van der Waals surface area contributed by atoms with Crippen molar-refractivity contribution in [2.45, 2.75) is 65.7 Å². The highest BCUT2D eigenvalue weighted by molar-refractivity contribution is 7.61. The van der Waals surface area contributed by atoms with Crippen molar-refractivity contribution in [3.05, 3.63) is 59.2 Å². The molecule has 1 unspecified atom stereocenters. The van der Waals surface area contributed by atoms with Crippen molar-refractivity contribution in [2.75, 3.05) is 0 Å². The van der Waals surface area contributed by atoms with Gasteiger partial charge in [-0.05, 0) is 54.5 Å². The first-order valence-corrected chi connectivity index (χ1v) is 11.3. The second-order valence-corrected chi connectivity index (χ2v) is 8.44. The minimum absolute atomic E-state index is 0.454. The molecule has 0 aliphatic carbocycles. The standard InChI is InChI=1S/C22H31O3P/c1-4-7-13-19-14-8-9-16-21(19)25-26(23,24)22-17-10-15-18(11-5-2)20(22)12-6-3/h8-10,14-17H,4-7,11-13H2,1-3H3,(H,23,24). The number of hydrogen-bond acceptors (Lipinski definition) is 2. The van der Waals surface area contributed by atoms with Gasteiger partial charge < -0.3 is 9.42 Å². The predicted octanol–water partition coefficient (Wildman–Crippen LogP) is 5.82. The molecular weight excluding hydrogens is 343 g/mol. The van der Waals surface area contributed by atoms with Gasteiger partial charge in [0.1, 0.15) is 5.75 Å². The molecule has 26 heavy (non-hydrogen) atoms. The van der Waals surface area contributed by atoms with Gasteiger partial charge in [-0.2, -0.15) is 0 Å². The van der Waals surface area contributed by atoms with E-state index >= 15 is 0 Å². The van der Waals surface area contributed by atoms with Gasteiger partial charge in [-0.25, -0.2) is 4.57 Å². The van der Waals surface area contributed by atoms with Crippen molar-refractivity contribution in [1.82, 2.24) is 0 Å². The number of unbranched alkanes of at least 4 members (excludes halogenated alkanes) is 1. The van der Waals surface area contributed by atoms with Crippen molar-refractivity contribution < 1.29 is 14.0 Å². The molecule has 3 nitrogen and oxygen atoms in total. The van der Waals surface area contributed by atoms with Crippen LogP contribution in [0.25, 0.3) is 0 Å². The minimum Gasteiger partial charge on any atom is -0.421 e. The Bertz CT molecular complexity index is 755. The normalized spacial score (nSPS) is 13.4. The second kappa shape index (κ2) is 9.94. The molecule has 0 aromatic heterocycles. The Kier molecular flexibility index (Phi) is 7.93. The molecule has 0 aliphatic rings. The van der Waals surface area contributed by atoms with Gasteiger partial charge in [0.15, 0.2) is 0 Å². The largest absolute Gasteiger partial charge is 0.421 e. The summed E-state index contributed by atoms with van der Waals surface area (Å²) in [5.41, 5.74) is 3.13. The Morgan fingerprint density at radius 1 is 0.846 bits per heavy atom. The molecular formula is C22H31O3P. The molecule has 0 bridgehead atoms. The predicted molar refractivity (Wildman–Crippen MR) is 110 cm³/mol. The van der Waals surface area contributed by atoms with Gasteiger partial charge in [-0.15, -0.1) is 0 Å². The van der Waals surface area contributed by atoms with E-state index in [0.29, 0.717) is 11.1 Å². The summed E-state index contributed by atoms with van der Waals surface area (Å²) in [5.74, 6) is 0.523. The summed E-state index contributed by atoms with van der Waals surface area (Å²) >= 11 is 0. The van der Waals surface area contributed by atoms with Gasteiger partial charge in [0, 0.05) is 0 Å². The van der Waals surface area contributed by atoms with E-state index in [1.54, 1.807) is 12.1 Å². The van der Waals surface area contributed by atoms with E-state index in [9.17, 15) is 9.46 Å². The first-order valence-electron chi connectivity index (χ1n) is 9.75. The van der Waals surface area contributed by atoms with Crippen molar-refractivity contribution in [3.63, 3.8) is 0 Å². The molecule has 0 amide bonds.